The summed E-state index contributed by atoms with van der Waals surface area (Å²) in [5.41, 5.74) is 0.667. The van der Waals surface area contributed by atoms with E-state index in [2.05, 4.69) is 5.32 Å². The van der Waals surface area contributed by atoms with Gasteiger partial charge in [0.25, 0.3) is 5.91 Å². The lowest BCUT2D eigenvalue weighted by molar-refractivity contribution is -0.145. The van der Waals surface area contributed by atoms with Gasteiger partial charge in [-0.25, -0.2) is 4.39 Å². The monoisotopic (exact) mass is 317 g/mol. The molecule has 0 aromatic heterocycles. The Morgan fingerprint density at radius 2 is 1.65 bits per heavy atom. The van der Waals surface area contributed by atoms with E-state index < -0.39 is 29.7 Å². The number of carbonyl (C=O) groups excluding carboxylic acids is 1. The second-order valence-corrected chi connectivity index (χ2v) is 5.02. The molecule has 0 fully saturated rings. The largest absolute Gasteiger partial charge is 0.481 e. The molecule has 1 amide bonds. The van der Waals surface area contributed by atoms with Gasteiger partial charge in [0.15, 0.2) is 0 Å². The van der Waals surface area contributed by atoms with E-state index >= 15 is 0 Å². The third-order valence-electron chi connectivity index (χ3n) is 3.43. The van der Waals surface area contributed by atoms with Crippen LogP contribution in [0.4, 0.5) is 4.39 Å². The molecule has 0 aliphatic heterocycles. The van der Waals surface area contributed by atoms with Gasteiger partial charge in [-0.15, -0.1) is 0 Å². The summed E-state index contributed by atoms with van der Waals surface area (Å²) in [7, 11) is 0. The Kier molecular flexibility index (Phi) is 5.43. The standard InChI is InChI=1S/C17H16FNO4/c18-13-8-6-11(7-9-13)15(20)14(17(22)23)10-19-16(21)12-4-2-1-3-5-12/h1-9,14-15,20H,10H2,(H,19,21)(H,22,23). The molecule has 2 atom stereocenters. The third-order valence-corrected chi connectivity index (χ3v) is 3.43. The zero-order valence-corrected chi connectivity index (χ0v) is 12.1. The molecule has 2 aromatic carbocycles. The van der Waals surface area contributed by atoms with Gasteiger partial charge in [-0.2, -0.15) is 0 Å². The summed E-state index contributed by atoms with van der Waals surface area (Å²) < 4.78 is 12.9. The first-order chi connectivity index (χ1) is 11.0. The Balaban J connectivity index is 2.05. The van der Waals surface area contributed by atoms with Gasteiger partial charge in [0.1, 0.15) is 11.7 Å². The number of hydrogen-bond acceptors (Lipinski definition) is 3. The first-order valence-electron chi connectivity index (χ1n) is 6.98. The summed E-state index contributed by atoms with van der Waals surface area (Å²) >= 11 is 0. The Morgan fingerprint density at radius 3 is 2.22 bits per heavy atom. The molecule has 2 unspecified atom stereocenters. The number of amides is 1. The molecular weight excluding hydrogens is 301 g/mol. The van der Waals surface area contributed by atoms with Gasteiger partial charge in [0.2, 0.25) is 0 Å². The van der Waals surface area contributed by atoms with Crippen molar-refractivity contribution in [1.82, 2.24) is 5.32 Å². The minimum absolute atomic E-state index is 0.248. The number of halogens is 1. The highest BCUT2D eigenvalue weighted by Gasteiger charge is 2.28. The summed E-state index contributed by atoms with van der Waals surface area (Å²) in [5, 5.41) is 21.9. The predicted octanol–water partition coefficient (Wildman–Crippen LogP) is 1.99. The smallest absolute Gasteiger partial charge is 0.311 e. The van der Waals surface area contributed by atoms with Crippen molar-refractivity contribution in [3.63, 3.8) is 0 Å². The van der Waals surface area contributed by atoms with Crippen molar-refractivity contribution in [2.75, 3.05) is 6.54 Å². The molecule has 0 aliphatic carbocycles. The zero-order chi connectivity index (χ0) is 16.8. The molecule has 23 heavy (non-hydrogen) atoms. The van der Waals surface area contributed by atoms with Gasteiger partial charge in [0.05, 0.1) is 6.10 Å². The van der Waals surface area contributed by atoms with E-state index in [4.69, 9.17) is 0 Å². The van der Waals surface area contributed by atoms with Crippen LogP contribution in [-0.4, -0.2) is 28.6 Å². The van der Waals surface area contributed by atoms with Crippen molar-refractivity contribution in [3.8, 4) is 0 Å². The molecule has 0 heterocycles. The lowest BCUT2D eigenvalue weighted by Crippen LogP contribution is -2.36. The highest BCUT2D eigenvalue weighted by Crippen LogP contribution is 2.22. The van der Waals surface area contributed by atoms with Crippen LogP contribution in [0.3, 0.4) is 0 Å². The molecule has 3 N–H and O–H groups in total. The minimum Gasteiger partial charge on any atom is -0.481 e. The van der Waals surface area contributed by atoms with E-state index in [1.165, 1.54) is 12.1 Å². The van der Waals surface area contributed by atoms with Crippen LogP contribution in [0.5, 0.6) is 0 Å². The number of carboxylic acids is 1. The number of nitrogens with one attached hydrogen (secondary N) is 1. The number of hydrogen-bond donors (Lipinski definition) is 3. The molecule has 120 valence electrons. The maximum absolute atomic E-state index is 12.9. The summed E-state index contributed by atoms with van der Waals surface area (Å²) in [6, 6.07) is 13.2. The fourth-order valence-electron chi connectivity index (χ4n) is 2.12. The molecule has 2 aromatic rings. The number of carbonyl (C=O) groups is 2. The average Bonchev–Trinajstić information content (AvgIpc) is 2.55. The average molecular weight is 317 g/mol. The molecule has 2 rings (SSSR count). The van der Waals surface area contributed by atoms with E-state index in [9.17, 15) is 24.2 Å². The Hall–Kier alpha value is -2.73. The first-order valence-corrected chi connectivity index (χ1v) is 6.98. The second kappa shape index (κ2) is 7.51. The van der Waals surface area contributed by atoms with Crippen LogP contribution in [0, 0.1) is 11.7 Å². The lowest BCUT2D eigenvalue weighted by atomic mass is 9.95. The Bertz CT molecular complexity index is 673. The number of aliphatic hydroxyl groups is 1. The van der Waals surface area contributed by atoms with Crippen molar-refractivity contribution >= 4 is 11.9 Å². The number of carboxylic acid groups (broad SMARTS) is 1. The number of aliphatic carboxylic acids is 1. The second-order valence-electron chi connectivity index (χ2n) is 5.02. The zero-order valence-electron chi connectivity index (χ0n) is 12.1. The van der Waals surface area contributed by atoms with Crippen LogP contribution < -0.4 is 5.32 Å². The topological polar surface area (TPSA) is 86.6 Å². The summed E-state index contributed by atoms with van der Waals surface area (Å²) in [6.45, 7) is -0.248. The molecule has 0 saturated carbocycles. The van der Waals surface area contributed by atoms with Crippen molar-refractivity contribution in [2.45, 2.75) is 6.10 Å². The van der Waals surface area contributed by atoms with E-state index in [0.717, 1.165) is 12.1 Å². The SMILES string of the molecule is O=C(NCC(C(=O)O)C(O)c1ccc(F)cc1)c1ccccc1. The summed E-state index contributed by atoms with van der Waals surface area (Å²) in [4.78, 5) is 23.3. The van der Waals surface area contributed by atoms with E-state index in [1.54, 1.807) is 30.3 Å². The highest BCUT2D eigenvalue weighted by atomic mass is 19.1. The van der Waals surface area contributed by atoms with Crippen LogP contribution in [0.25, 0.3) is 0 Å². The molecule has 0 radical (unpaired) electrons. The van der Waals surface area contributed by atoms with Gasteiger partial charge in [0, 0.05) is 12.1 Å². The Morgan fingerprint density at radius 1 is 1.04 bits per heavy atom. The van der Waals surface area contributed by atoms with Crippen LogP contribution in [0.15, 0.2) is 54.6 Å². The normalized spacial score (nSPS) is 13.1. The third kappa shape index (κ3) is 4.37. The molecule has 5 nitrogen and oxygen atoms in total. The van der Waals surface area contributed by atoms with Crippen LogP contribution in [-0.2, 0) is 4.79 Å². The molecule has 0 spiro atoms. The summed E-state index contributed by atoms with van der Waals surface area (Å²) in [6.07, 6.45) is -1.36. The van der Waals surface area contributed by atoms with E-state index in [0.29, 0.717) is 5.56 Å². The van der Waals surface area contributed by atoms with E-state index in [-0.39, 0.29) is 12.1 Å². The van der Waals surface area contributed by atoms with Crippen LogP contribution in [0.2, 0.25) is 0 Å². The van der Waals surface area contributed by atoms with Crippen molar-refractivity contribution in [1.29, 1.82) is 0 Å². The summed E-state index contributed by atoms with van der Waals surface area (Å²) in [5.74, 6) is -3.41. The molecule has 0 saturated heterocycles. The van der Waals surface area contributed by atoms with Gasteiger partial charge in [-0.1, -0.05) is 30.3 Å². The quantitative estimate of drug-likeness (QED) is 0.760. The molecule has 6 heteroatoms. The van der Waals surface area contributed by atoms with Crippen molar-refractivity contribution < 1.29 is 24.2 Å². The maximum Gasteiger partial charge on any atom is 0.311 e. The number of benzene rings is 2. The van der Waals surface area contributed by atoms with Crippen LogP contribution in [0.1, 0.15) is 22.0 Å². The number of aliphatic hydroxyl groups excluding tert-OH is 1. The molecule has 0 bridgehead atoms. The van der Waals surface area contributed by atoms with Gasteiger partial charge < -0.3 is 15.5 Å². The van der Waals surface area contributed by atoms with Gasteiger partial charge in [-0.05, 0) is 29.8 Å². The number of rotatable bonds is 6. The van der Waals surface area contributed by atoms with Gasteiger partial charge >= 0.3 is 5.97 Å². The predicted molar refractivity (Wildman–Crippen MR) is 81.3 cm³/mol. The highest BCUT2D eigenvalue weighted by molar-refractivity contribution is 5.94. The lowest BCUT2D eigenvalue weighted by Gasteiger charge is -2.20. The molecule has 0 aliphatic rings. The Labute approximate surface area is 132 Å². The van der Waals surface area contributed by atoms with Crippen molar-refractivity contribution in [3.05, 3.63) is 71.5 Å². The minimum atomic E-state index is -1.36. The van der Waals surface area contributed by atoms with Crippen LogP contribution >= 0.6 is 0 Å². The van der Waals surface area contributed by atoms with Crippen molar-refractivity contribution in [2.24, 2.45) is 5.92 Å². The maximum atomic E-state index is 12.9. The van der Waals surface area contributed by atoms with E-state index in [1.807, 2.05) is 0 Å². The first kappa shape index (κ1) is 16.6. The van der Waals surface area contributed by atoms with Gasteiger partial charge in [-0.3, -0.25) is 9.59 Å². The molecular formula is C17H16FNO4. The fourth-order valence-corrected chi connectivity index (χ4v) is 2.12. The fraction of sp³-hybridized carbons (Fsp3) is 0.176.